The van der Waals surface area contributed by atoms with Gasteiger partial charge in [0.05, 0.1) is 18.5 Å². The summed E-state index contributed by atoms with van der Waals surface area (Å²) in [6.45, 7) is 1.43. The molecule has 0 radical (unpaired) electrons. The Kier molecular flexibility index (Phi) is 2.59. The van der Waals surface area contributed by atoms with Gasteiger partial charge in [0.1, 0.15) is 6.33 Å². The number of rotatable bonds is 2. The molecule has 0 saturated heterocycles. The summed E-state index contributed by atoms with van der Waals surface area (Å²) in [4.78, 5) is 16.3. The number of anilines is 1. The van der Waals surface area contributed by atoms with E-state index in [1.165, 1.54) is 6.33 Å². The van der Waals surface area contributed by atoms with Gasteiger partial charge in [-0.15, -0.1) is 0 Å². The number of nitrogens with zero attached hydrogens (tertiary/aromatic N) is 5. The molecular weight excluding hydrogens is 272 g/mol. The van der Waals surface area contributed by atoms with Crippen molar-refractivity contribution < 1.29 is 9.53 Å². The van der Waals surface area contributed by atoms with Gasteiger partial charge in [-0.2, -0.15) is 10.2 Å². The molecule has 1 N–H and O–H groups in total. The zero-order valence-corrected chi connectivity index (χ0v) is 11.1. The SMILES string of the molecule is O=C(Nc1ccc2ncnn2c1)c1cc2n(n1)CCCO2. The van der Waals surface area contributed by atoms with Crippen molar-refractivity contribution in [3.8, 4) is 5.88 Å². The van der Waals surface area contributed by atoms with Gasteiger partial charge in [-0.25, -0.2) is 14.2 Å². The Morgan fingerprint density at radius 2 is 2.33 bits per heavy atom. The minimum Gasteiger partial charge on any atom is -0.478 e. The van der Waals surface area contributed by atoms with Crippen LogP contribution < -0.4 is 10.1 Å². The van der Waals surface area contributed by atoms with Crippen molar-refractivity contribution in [1.29, 1.82) is 0 Å². The van der Waals surface area contributed by atoms with E-state index in [-0.39, 0.29) is 5.91 Å². The lowest BCUT2D eigenvalue weighted by atomic mass is 10.3. The van der Waals surface area contributed by atoms with Gasteiger partial charge < -0.3 is 10.1 Å². The van der Waals surface area contributed by atoms with Crippen LogP contribution in [0, 0.1) is 0 Å². The number of aromatic nitrogens is 5. The molecule has 0 bridgehead atoms. The molecule has 1 aliphatic rings. The second-order valence-corrected chi connectivity index (χ2v) is 4.73. The molecule has 8 heteroatoms. The van der Waals surface area contributed by atoms with Crippen LogP contribution in [0.2, 0.25) is 0 Å². The molecule has 0 unspecified atom stereocenters. The van der Waals surface area contributed by atoms with Crippen LogP contribution in [0.4, 0.5) is 5.69 Å². The monoisotopic (exact) mass is 284 g/mol. The minimum atomic E-state index is -0.278. The lowest BCUT2D eigenvalue weighted by molar-refractivity contribution is 0.102. The molecule has 21 heavy (non-hydrogen) atoms. The molecule has 1 amide bonds. The van der Waals surface area contributed by atoms with E-state index >= 15 is 0 Å². The van der Waals surface area contributed by atoms with Gasteiger partial charge in [0.25, 0.3) is 5.91 Å². The van der Waals surface area contributed by atoms with Gasteiger partial charge in [0, 0.05) is 19.0 Å². The van der Waals surface area contributed by atoms with Crippen LogP contribution in [0.25, 0.3) is 5.65 Å². The minimum absolute atomic E-state index is 0.278. The van der Waals surface area contributed by atoms with Crippen LogP contribution >= 0.6 is 0 Å². The first-order valence-corrected chi connectivity index (χ1v) is 6.61. The average Bonchev–Trinajstić information content (AvgIpc) is 3.13. The first-order chi connectivity index (χ1) is 10.3. The number of amides is 1. The summed E-state index contributed by atoms with van der Waals surface area (Å²) in [6, 6.07) is 5.21. The lowest BCUT2D eigenvalue weighted by Gasteiger charge is -2.13. The maximum atomic E-state index is 12.2. The highest BCUT2D eigenvalue weighted by Gasteiger charge is 2.18. The normalized spacial score (nSPS) is 13.7. The van der Waals surface area contributed by atoms with Crippen LogP contribution in [0.1, 0.15) is 16.9 Å². The van der Waals surface area contributed by atoms with Crippen molar-refractivity contribution in [2.24, 2.45) is 0 Å². The van der Waals surface area contributed by atoms with Crippen LogP contribution in [0.5, 0.6) is 5.88 Å². The molecule has 4 rings (SSSR count). The fraction of sp³-hybridized carbons (Fsp3) is 0.231. The van der Waals surface area contributed by atoms with Gasteiger partial charge in [-0.1, -0.05) is 0 Å². The predicted octanol–water partition coefficient (Wildman–Crippen LogP) is 0.961. The zero-order chi connectivity index (χ0) is 14.2. The van der Waals surface area contributed by atoms with Gasteiger partial charge in [-0.3, -0.25) is 4.79 Å². The topological polar surface area (TPSA) is 86.3 Å². The van der Waals surface area contributed by atoms with E-state index in [1.54, 1.807) is 33.6 Å². The number of aryl methyl sites for hydroxylation is 1. The third kappa shape index (κ3) is 2.10. The summed E-state index contributed by atoms with van der Waals surface area (Å²) in [7, 11) is 0. The van der Waals surface area contributed by atoms with E-state index in [9.17, 15) is 4.79 Å². The van der Waals surface area contributed by atoms with E-state index in [2.05, 4.69) is 20.5 Å². The molecule has 0 spiro atoms. The Balaban J connectivity index is 1.58. The van der Waals surface area contributed by atoms with Crippen LogP contribution in [-0.4, -0.2) is 36.9 Å². The maximum absolute atomic E-state index is 12.2. The molecule has 3 aromatic heterocycles. The van der Waals surface area contributed by atoms with Crippen molar-refractivity contribution >= 4 is 17.2 Å². The summed E-state index contributed by atoms with van der Waals surface area (Å²) >= 11 is 0. The van der Waals surface area contributed by atoms with E-state index in [0.717, 1.165) is 18.6 Å². The zero-order valence-electron chi connectivity index (χ0n) is 11.1. The number of ether oxygens (including phenoxy) is 1. The third-order valence-electron chi connectivity index (χ3n) is 3.27. The van der Waals surface area contributed by atoms with Crippen LogP contribution in [0.3, 0.4) is 0 Å². The van der Waals surface area contributed by atoms with Crippen molar-refractivity contribution in [2.45, 2.75) is 13.0 Å². The first kappa shape index (κ1) is 11.9. The molecule has 0 aromatic carbocycles. The summed E-state index contributed by atoms with van der Waals surface area (Å²) in [6.07, 6.45) is 4.06. The number of fused-ring (bicyclic) bond motifs is 2. The molecule has 0 atom stereocenters. The Labute approximate surface area is 119 Å². The van der Waals surface area contributed by atoms with Gasteiger partial charge >= 0.3 is 0 Å². The maximum Gasteiger partial charge on any atom is 0.276 e. The quantitative estimate of drug-likeness (QED) is 0.757. The molecule has 1 aliphatic heterocycles. The van der Waals surface area contributed by atoms with Gasteiger partial charge in [0.15, 0.2) is 11.3 Å². The van der Waals surface area contributed by atoms with E-state index in [4.69, 9.17) is 4.74 Å². The molecule has 3 aromatic rings. The second-order valence-electron chi connectivity index (χ2n) is 4.73. The number of hydrogen-bond donors (Lipinski definition) is 1. The highest BCUT2D eigenvalue weighted by molar-refractivity contribution is 6.03. The number of carbonyl (C=O) groups is 1. The van der Waals surface area contributed by atoms with Crippen LogP contribution in [0.15, 0.2) is 30.7 Å². The van der Waals surface area contributed by atoms with Crippen molar-refractivity contribution in [1.82, 2.24) is 24.4 Å². The van der Waals surface area contributed by atoms with E-state index in [1.807, 2.05) is 0 Å². The largest absolute Gasteiger partial charge is 0.478 e. The van der Waals surface area contributed by atoms with Crippen molar-refractivity contribution in [3.05, 3.63) is 36.4 Å². The van der Waals surface area contributed by atoms with Gasteiger partial charge in [0.2, 0.25) is 5.88 Å². The Morgan fingerprint density at radius 1 is 1.38 bits per heavy atom. The molecule has 0 aliphatic carbocycles. The lowest BCUT2D eigenvalue weighted by Crippen LogP contribution is -2.16. The first-order valence-electron chi connectivity index (χ1n) is 6.61. The fourth-order valence-corrected chi connectivity index (χ4v) is 2.26. The molecule has 0 saturated carbocycles. The highest BCUT2D eigenvalue weighted by Crippen LogP contribution is 2.19. The third-order valence-corrected chi connectivity index (χ3v) is 3.27. The second kappa shape index (κ2) is 4.58. The highest BCUT2D eigenvalue weighted by atomic mass is 16.5. The number of carbonyl (C=O) groups excluding carboxylic acids is 1. The Bertz CT molecular complexity index is 798. The summed E-state index contributed by atoms with van der Waals surface area (Å²) in [5.74, 6) is 0.359. The van der Waals surface area contributed by atoms with Gasteiger partial charge in [-0.05, 0) is 12.1 Å². The summed E-state index contributed by atoms with van der Waals surface area (Å²) < 4.78 is 8.75. The smallest absolute Gasteiger partial charge is 0.276 e. The molecule has 4 heterocycles. The Hall–Kier alpha value is -2.90. The Morgan fingerprint density at radius 3 is 3.24 bits per heavy atom. The van der Waals surface area contributed by atoms with Crippen molar-refractivity contribution in [3.63, 3.8) is 0 Å². The molecule has 8 nitrogen and oxygen atoms in total. The number of nitrogens with one attached hydrogen (secondary N) is 1. The molecular formula is C13H12N6O2. The molecule has 106 valence electrons. The van der Waals surface area contributed by atoms with E-state index < -0.39 is 0 Å². The summed E-state index contributed by atoms with van der Waals surface area (Å²) in [5.41, 5.74) is 1.69. The van der Waals surface area contributed by atoms with E-state index in [0.29, 0.717) is 23.9 Å². The predicted molar refractivity (Wildman–Crippen MR) is 73.3 cm³/mol. The molecule has 0 fully saturated rings. The standard InChI is InChI=1S/C13H12N6O2/c20-13(10-6-12-18(17-10)4-1-5-21-12)16-9-2-3-11-14-8-15-19(11)7-9/h2-3,6-8H,1,4-5H2,(H,16,20). The van der Waals surface area contributed by atoms with Crippen LogP contribution in [-0.2, 0) is 6.54 Å². The fourth-order valence-electron chi connectivity index (χ4n) is 2.26. The average molecular weight is 284 g/mol. The number of pyridine rings is 1. The van der Waals surface area contributed by atoms with Crippen molar-refractivity contribution in [2.75, 3.05) is 11.9 Å². The summed E-state index contributed by atoms with van der Waals surface area (Å²) in [5, 5.41) is 11.1. The number of hydrogen-bond acceptors (Lipinski definition) is 5.